The van der Waals surface area contributed by atoms with E-state index in [1.807, 2.05) is 0 Å². The van der Waals surface area contributed by atoms with Crippen molar-refractivity contribution in [1.29, 1.82) is 0 Å². The fraction of sp³-hybridized carbons (Fsp3) is 0.0833. The number of hydrogen-bond donors (Lipinski definition) is 2. The molecule has 0 saturated heterocycles. The number of nitrogens with zero attached hydrogens (tertiary/aromatic N) is 1. The molecule has 2 N–H and O–H groups in total. The number of benzene rings is 1. The Bertz CT molecular complexity index is 717. The van der Waals surface area contributed by atoms with E-state index in [1.165, 1.54) is 18.2 Å². The van der Waals surface area contributed by atoms with Crippen LogP contribution >= 0.6 is 0 Å². The first-order valence-electron chi connectivity index (χ1n) is 5.32. The predicted molar refractivity (Wildman–Crippen MR) is 67.8 cm³/mol. The lowest BCUT2D eigenvalue weighted by Gasteiger charge is -2.11. The lowest BCUT2D eigenvalue weighted by Crippen LogP contribution is -2.14. The zero-order valence-electron chi connectivity index (χ0n) is 9.96. The number of halogens is 1. The first kappa shape index (κ1) is 13.3. The van der Waals surface area contributed by atoms with E-state index >= 15 is 0 Å². The van der Waals surface area contributed by atoms with Crippen LogP contribution in [0.3, 0.4) is 0 Å². The third-order valence-corrected chi connectivity index (χ3v) is 3.87. The highest BCUT2D eigenvalue weighted by Crippen LogP contribution is 2.26. The summed E-state index contributed by atoms with van der Waals surface area (Å²) in [5.41, 5.74) is 0.611. The van der Waals surface area contributed by atoms with Gasteiger partial charge in [0.25, 0.3) is 10.0 Å². The monoisotopic (exact) mass is 282 g/mol. The van der Waals surface area contributed by atoms with E-state index in [2.05, 4.69) is 9.71 Å². The molecule has 5 nitrogen and oxygen atoms in total. The number of aromatic nitrogens is 1. The molecule has 1 aromatic carbocycles. The van der Waals surface area contributed by atoms with Crippen molar-refractivity contribution in [2.45, 2.75) is 11.8 Å². The molecule has 0 radical (unpaired) electrons. The Hall–Kier alpha value is -2.15. The normalized spacial score (nSPS) is 11.3. The van der Waals surface area contributed by atoms with Crippen molar-refractivity contribution in [3.05, 3.63) is 48.0 Å². The second-order valence-electron chi connectivity index (χ2n) is 3.89. The second kappa shape index (κ2) is 4.85. The van der Waals surface area contributed by atoms with Gasteiger partial charge in [-0.1, -0.05) is 6.07 Å². The van der Waals surface area contributed by atoms with Gasteiger partial charge >= 0.3 is 0 Å². The summed E-state index contributed by atoms with van der Waals surface area (Å²) in [5.74, 6) is -0.770. The molecule has 0 bridgehead atoms. The van der Waals surface area contributed by atoms with Crippen molar-refractivity contribution in [1.82, 2.24) is 4.98 Å². The van der Waals surface area contributed by atoms with Crippen molar-refractivity contribution in [2.24, 2.45) is 0 Å². The molecule has 7 heteroatoms. The summed E-state index contributed by atoms with van der Waals surface area (Å²) >= 11 is 0. The van der Waals surface area contributed by atoms with Gasteiger partial charge in [-0.15, -0.1) is 0 Å². The number of sulfonamides is 1. The topological polar surface area (TPSA) is 79.3 Å². The molecule has 1 heterocycles. The van der Waals surface area contributed by atoms with Crippen LogP contribution in [0, 0.1) is 12.7 Å². The Balaban J connectivity index is 2.39. The summed E-state index contributed by atoms with van der Waals surface area (Å²) in [6, 6.07) is 5.31. The second-order valence-corrected chi connectivity index (χ2v) is 5.58. The van der Waals surface area contributed by atoms with Gasteiger partial charge in [-0.05, 0) is 25.1 Å². The van der Waals surface area contributed by atoms with E-state index in [4.69, 9.17) is 0 Å². The molecule has 0 fully saturated rings. The average Bonchev–Trinajstić information content (AvgIpc) is 2.35. The van der Waals surface area contributed by atoms with Crippen LogP contribution in [0.5, 0.6) is 5.75 Å². The fourth-order valence-corrected chi connectivity index (χ4v) is 2.57. The largest absolute Gasteiger partial charge is 0.508 e. The standard InChI is InChI=1S/C12H11FN2O3S/c1-8-11(3-2-4-12(8)16)15-19(17,18)10-5-9(13)6-14-7-10/h2-7,15-16H,1H3. The Morgan fingerprint density at radius 3 is 2.74 bits per heavy atom. The van der Waals surface area contributed by atoms with E-state index in [0.717, 1.165) is 18.5 Å². The molecule has 19 heavy (non-hydrogen) atoms. The summed E-state index contributed by atoms with van der Waals surface area (Å²) in [4.78, 5) is 3.21. The Morgan fingerprint density at radius 2 is 2.05 bits per heavy atom. The number of phenols is 1. The SMILES string of the molecule is Cc1c(O)cccc1NS(=O)(=O)c1cncc(F)c1. The summed E-state index contributed by atoms with van der Waals surface area (Å²) in [6.45, 7) is 1.57. The molecule has 0 aliphatic heterocycles. The maximum atomic E-state index is 13.0. The maximum Gasteiger partial charge on any atom is 0.263 e. The van der Waals surface area contributed by atoms with E-state index in [9.17, 15) is 17.9 Å². The molecule has 0 aliphatic rings. The van der Waals surface area contributed by atoms with Crippen molar-refractivity contribution >= 4 is 15.7 Å². The minimum Gasteiger partial charge on any atom is -0.508 e. The van der Waals surface area contributed by atoms with Gasteiger partial charge in [-0.25, -0.2) is 12.8 Å². The van der Waals surface area contributed by atoms with Gasteiger partial charge in [0.15, 0.2) is 0 Å². The molecule has 0 amide bonds. The van der Waals surface area contributed by atoms with Crippen molar-refractivity contribution < 1.29 is 17.9 Å². The lowest BCUT2D eigenvalue weighted by atomic mass is 10.2. The first-order valence-corrected chi connectivity index (χ1v) is 6.80. The zero-order valence-corrected chi connectivity index (χ0v) is 10.8. The third kappa shape index (κ3) is 2.82. The Morgan fingerprint density at radius 1 is 1.32 bits per heavy atom. The van der Waals surface area contributed by atoms with Crippen LogP contribution in [0.2, 0.25) is 0 Å². The maximum absolute atomic E-state index is 13.0. The molecule has 0 aliphatic carbocycles. The zero-order chi connectivity index (χ0) is 14.0. The van der Waals surface area contributed by atoms with Crippen LogP contribution in [0.1, 0.15) is 5.56 Å². The van der Waals surface area contributed by atoms with Crippen LogP contribution in [-0.2, 0) is 10.0 Å². The number of aromatic hydroxyl groups is 1. The molecule has 0 atom stereocenters. The summed E-state index contributed by atoms with van der Waals surface area (Å²) in [6.07, 6.45) is 1.96. The molecule has 100 valence electrons. The molecule has 0 unspecified atom stereocenters. The highest BCUT2D eigenvalue weighted by atomic mass is 32.2. The molecule has 2 aromatic rings. The van der Waals surface area contributed by atoms with Crippen LogP contribution in [0.15, 0.2) is 41.6 Å². The third-order valence-electron chi connectivity index (χ3n) is 2.54. The number of rotatable bonds is 3. The van der Waals surface area contributed by atoms with E-state index in [1.54, 1.807) is 6.92 Å². The fourth-order valence-electron chi connectivity index (χ4n) is 1.48. The van der Waals surface area contributed by atoms with E-state index in [0.29, 0.717) is 5.56 Å². The molecular weight excluding hydrogens is 271 g/mol. The van der Waals surface area contributed by atoms with Gasteiger partial charge in [0.2, 0.25) is 0 Å². The minimum atomic E-state index is -3.94. The Labute approximate surface area is 109 Å². The van der Waals surface area contributed by atoms with Gasteiger partial charge in [0, 0.05) is 11.8 Å². The highest BCUT2D eigenvalue weighted by molar-refractivity contribution is 7.92. The number of pyridine rings is 1. The van der Waals surface area contributed by atoms with Gasteiger partial charge in [0.05, 0.1) is 11.9 Å². The van der Waals surface area contributed by atoms with Gasteiger partial charge in [0.1, 0.15) is 16.5 Å². The highest BCUT2D eigenvalue weighted by Gasteiger charge is 2.17. The summed E-state index contributed by atoms with van der Waals surface area (Å²) in [7, 11) is -3.94. The number of anilines is 1. The molecule has 0 spiro atoms. The summed E-state index contributed by atoms with van der Waals surface area (Å²) < 4.78 is 39.3. The molecular formula is C12H11FN2O3S. The van der Waals surface area contributed by atoms with Crippen LogP contribution < -0.4 is 4.72 Å². The van der Waals surface area contributed by atoms with Crippen LogP contribution in [-0.4, -0.2) is 18.5 Å². The number of phenolic OH excluding ortho intramolecular Hbond substituents is 1. The van der Waals surface area contributed by atoms with E-state index < -0.39 is 15.8 Å². The van der Waals surface area contributed by atoms with Gasteiger partial charge in [-0.2, -0.15) is 0 Å². The Kier molecular flexibility index (Phi) is 3.39. The van der Waals surface area contributed by atoms with Crippen molar-refractivity contribution in [2.75, 3.05) is 4.72 Å². The van der Waals surface area contributed by atoms with E-state index in [-0.39, 0.29) is 16.3 Å². The predicted octanol–water partition coefficient (Wildman–Crippen LogP) is 2.04. The lowest BCUT2D eigenvalue weighted by molar-refractivity contribution is 0.471. The number of hydrogen-bond acceptors (Lipinski definition) is 4. The average molecular weight is 282 g/mol. The quantitative estimate of drug-likeness (QED) is 0.902. The molecule has 2 rings (SSSR count). The number of nitrogens with one attached hydrogen (secondary N) is 1. The smallest absolute Gasteiger partial charge is 0.263 e. The van der Waals surface area contributed by atoms with Crippen molar-refractivity contribution in [3.8, 4) is 5.75 Å². The minimum absolute atomic E-state index is 0.0300. The van der Waals surface area contributed by atoms with Gasteiger partial charge < -0.3 is 5.11 Å². The van der Waals surface area contributed by atoms with Crippen LogP contribution in [0.4, 0.5) is 10.1 Å². The van der Waals surface area contributed by atoms with Crippen molar-refractivity contribution in [3.63, 3.8) is 0 Å². The molecule has 1 aromatic heterocycles. The summed E-state index contributed by atoms with van der Waals surface area (Å²) in [5, 5.41) is 9.50. The van der Waals surface area contributed by atoms with Gasteiger partial charge in [-0.3, -0.25) is 9.71 Å². The first-order chi connectivity index (χ1) is 8.90. The van der Waals surface area contributed by atoms with Crippen LogP contribution in [0.25, 0.3) is 0 Å². The molecule has 0 saturated carbocycles.